The number of thiophene rings is 1. The van der Waals surface area contributed by atoms with E-state index in [-0.39, 0.29) is 0 Å². The quantitative estimate of drug-likeness (QED) is 0.849. The molecule has 0 aromatic carbocycles. The maximum Gasteiger partial charge on any atom is 0.0723 e. The predicted octanol–water partition coefficient (Wildman–Crippen LogP) is 3.42. The summed E-state index contributed by atoms with van der Waals surface area (Å²) in [5, 5.41) is 0. The molecule has 0 radical (unpaired) electrons. The summed E-state index contributed by atoms with van der Waals surface area (Å²) in [6, 6.07) is 6.44. The number of anilines is 1. The number of likely N-dealkylation sites (N-methyl/N-ethyl adjacent to an activating group) is 1. The number of aromatic amines is 1. The van der Waals surface area contributed by atoms with Crippen molar-refractivity contribution in [3.63, 3.8) is 0 Å². The van der Waals surface area contributed by atoms with E-state index in [0.717, 1.165) is 6.54 Å². The summed E-state index contributed by atoms with van der Waals surface area (Å²) in [6.45, 7) is 1.08. The smallest absolute Gasteiger partial charge is 0.0723 e. The lowest BCUT2D eigenvalue weighted by Crippen LogP contribution is -2.16. The Morgan fingerprint density at radius 3 is 3.20 bits per heavy atom. The van der Waals surface area contributed by atoms with Gasteiger partial charge in [-0.3, -0.25) is 0 Å². The molecule has 0 fully saturated rings. The predicted molar refractivity (Wildman–Crippen MR) is 67.9 cm³/mol. The van der Waals surface area contributed by atoms with Crippen LogP contribution in [0.3, 0.4) is 0 Å². The first-order valence-corrected chi connectivity index (χ1v) is 6.50. The lowest BCUT2D eigenvalue weighted by molar-refractivity contribution is 0.821. The van der Waals surface area contributed by atoms with Gasteiger partial charge in [0.1, 0.15) is 0 Å². The van der Waals surface area contributed by atoms with Crippen LogP contribution in [0.25, 0.3) is 0 Å². The molecular formula is C11H11BrN2S. The summed E-state index contributed by atoms with van der Waals surface area (Å²) in [7, 11) is 2.15. The van der Waals surface area contributed by atoms with Gasteiger partial charge in [0, 0.05) is 30.4 Å². The Morgan fingerprint density at radius 1 is 1.60 bits per heavy atom. The van der Waals surface area contributed by atoms with E-state index < -0.39 is 0 Å². The number of hydrogen-bond donors (Lipinski definition) is 1. The average Bonchev–Trinajstić information content (AvgIpc) is 2.85. The molecule has 2 nitrogen and oxygen atoms in total. The zero-order chi connectivity index (χ0) is 10.4. The van der Waals surface area contributed by atoms with Crippen molar-refractivity contribution in [2.75, 3.05) is 18.5 Å². The maximum absolute atomic E-state index is 3.56. The fourth-order valence-electron chi connectivity index (χ4n) is 2.17. The molecule has 2 aromatic heterocycles. The third-order valence-electron chi connectivity index (χ3n) is 2.89. The van der Waals surface area contributed by atoms with Gasteiger partial charge in [0.05, 0.1) is 15.4 Å². The Hall–Kier alpha value is -0.740. The molecular weight excluding hydrogens is 272 g/mol. The van der Waals surface area contributed by atoms with Crippen molar-refractivity contribution in [1.29, 1.82) is 0 Å². The maximum atomic E-state index is 3.56. The molecule has 0 saturated heterocycles. The van der Waals surface area contributed by atoms with Crippen LogP contribution in [0.15, 0.2) is 28.2 Å². The summed E-state index contributed by atoms with van der Waals surface area (Å²) in [5.74, 6) is 0.510. The molecule has 1 N–H and O–H groups in total. The van der Waals surface area contributed by atoms with E-state index >= 15 is 0 Å². The van der Waals surface area contributed by atoms with Gasteiger partial charge in [0.25, 0.3) is 0 Å². The standard InChI is InChI=1S/C11H11BrN2S/c1-14-6-7(8-3-2-4-13-8)11-9(14)5-10(12)15-11/h2-5,7,13H,6H2,1H3. The highest BCUT2D eigenvalue weighted by molar-refractivity contribution is 9.11. The number of fused-ring (bicyclic) bond motifs is 1. The Balaban J connectivity index is 2.08. The van der Waals surface area contributed by atoms with Crippen LogP contribution in [0.5, 0.6) is 0 Å². The van der Waals surface area contributed by atoms with Crippen molar-refractivity contribution in [2.45, 2.75) is 5.92 Å². The van der Waals surface area contributed by atoms with Crippen LogP contribution in [0.2, 0.25) is 0 Å². The van der Waals surface area contributed by atoms with Crippen molar-refractivity contribution in [2.24, 2.45) is 0 Å². The molecule has 0 saturated carbocycles. The van der Waals surface area contributed by atoms with Gasteiger partial charge in [0.2, 0.25) is 0 Å². The van der Waals surface area contributed by atoms with Gasteiger partial charge in [-0.05, 0) is 34.1 Å². The van der Waals surface area contributed by atoms with Crippen molar-refractivity contribution in [1.82, 2.24) is 4.98 Å². The van der Waals surface area contributed by atoms with Crippen LogP contribution in [0.4, 0.5) is 5.69 Å². The van der Waals surface area contributed by atoms with E-state index in [1.54, 1.807) is 0 Å². The highest BCUT2D eigenvalue weighted by Crippen LogP contribution is 2.45. The van der Waals surface area contributed by atoms with Crippen LogP contribution in [-0.4, -0.2) is 18.6 Å². The second kappa shape index (κ2) is 3.39. The molecule has 1 unspecified atom stereocenters. The molecule has 0 aliphatic carbocycles. The molecule has 2 aromatic rings. The zero-order valence-corrected chi connectivity index (χ0v) is 10.7. The minimum absolute atomic E-state index is 0.510. The molecule has 78 valence electrons. The second-order valence-electron chi connectivity index (χ2n) is 3.86. The van der Waals surface area contributed by atoms with Crippen molar-refractivity contribution in [3.05, 3.63) is 38.8 Å². The van der Waals surface area contributed by atoms with Gasteiger partial charge < -0.3 is 9.88 Å². The monoisotopic (exact) mass is 282 g/mol. The SMILES string of the molecule is CN1CC(c2ccc[nH]2)c2sc(Br)cc21. The first-order valence-electron chi connectivity index (χ1n) is 4.89. The topological polar surface area (TPSA) is 19.0 Å². The molecule has 0 spiro atoms. The molecule has 4 heteroatoms. The second-order valence-corrected chi connectivity index (χ2v) is 6.32. The number of rotatable bonds is 1. The summed E-state index contributed by atoms with van der Waals surface area (Å²) >= 11 is 5.40. The number of halogens is 1. The molecule has 0 bridgehead atoms. The Morgan fingerprint density at radius 2 is 2.47 bits per heavy atom. The first-order chi connectivity index (χ1) is 7.25. The fourth-order valence-corrected chi connectivity index (χ4v) is 3.95. The average molecular weight is 283 g/mol. The summed E-state index contributed by atoms with van der Waals surface area (Å²) in [5.41, 5.74) is 2.68. The third-order valence-corrected chi connectivity index (χ3v) is 4.63. The highest BCUT2D eigenvalue weighted by atomic mass is 79.9. The zero-order valence-electron chi connectivity index (χ0n) is 8.33. The highest BCUT2D eigenvalue weighted by Gasteiger charge is 2.30. The first kappa shape index (κ1) is 9.48. The van der Waals surface area contributed by atoms with Crippen LogP contribution >= 0.6 is 27.3 Å². The lowest BCUT2D eigenvalue weighted by Gasteiger charge is -2.12. The number of nitrogens with one attached hydrogen (secondary N) is 1. The van der Waals surface area contributed by atoms with Crippen molar-refractivity contribution >= 4 is 33.0 Å². The Labute approximate surface area is 101 Å². The van der Waals surface area contributed by atoms with Crippen LogP contribution in [0, 0.1) is 0 Å². The number of aromatic nitrogens is 1. The van der Waals surface area contributed by atoms with Crippen LogP contribution < -0.4 is 4.90 Å². The minimum Gasteiger partial charge on any atom is -0.373 e. The normalized spacial score (nSPS) is 19.6. The molecule has 3 heterocycles. The van der Waals surface area contributed by atoms with Crippen LogP contribution in [-0.2, 0) is 0 Å². The summed E-state index contributed by atoms with van der Waals surface area (Å²) in [6.07, 6.45) is 2.00. The van der Waals surface area contributed by atoms with E-state index in [1.807, 2.05) is 17.5 Å². The van der Waals surface area contributed by atoms with E-state index in [9.17, 15) is 0 Å². The molecule has 0 amide bonds. The number of nitrogens with zero attached hydrogens (tertiary/aromatic N) is 1. The summed E-state index contributed by atoms with van der Waals surface area (Å²) in [4.78, 5) is 7.10. The van der Waals surface area contributed by atoms with E-state index in [2.05, 4.69) is 51.1 Å². The van der Waals surface area contributed by atoms with Gasteiger partial charge in [0.15, 0.2) is 0 Å². The van der Waals surface area contributed by atoms with Crippen molar-refractivity contribution < 1.29 is 0 Å². The van der Waals surface area contributed by atoms with E-state index in [4.69, 9.17) is 0 Å². The van der Waals surface area contributed by atoms with Gasteiger partial charge in [-0.2, -0.15) is 0 Å². The molecule has 3 rings (SSSR count). The number of H-pyrrole nitrogens is 1. The minimum atomic E-state index is 0.510. The Kier molecular flexibility index (Phi) is 2.14. The largest absolute Gasteiger partial charge is 0.373 e. The molecule has 1 aliphatic heterocycles. The van der Waals surface area contributed by atoms with Crippen molar-refractivity contribution in [3.8, 4) is 0 Å². The fraction of sp³-hybridized carbons (Fsp3) is 0.273. The lowest BCUT2D eigenvalue weighted by atomic mass is 10.1. The molecule has 1 aliphatic rings. The van der Waals surface area contributed by atoms with Gasteiger partial charge >= 0.3 is 0 Å². The van der Waals surface area contributed by atoms with Crippen LogP contribution in [0.1, 0.15) is 16.5 Å². The van der Waals surface area contributed by atoms with E-state index in [0.29, 0.717) is 5.92 Å². The number of hydrogen-bond acceptors (Lipinski definition) is 2. The van der Waals surface area contributed by atoms with Gasteiger partial charge in [-0.15, -0.1) is 11.3 Å². The molecule has 15 heavy (non-hydrogen) atoms. The summed E-state index contributed by atoms with van der Waals surface area (Å²) < 4.78 is 1.22. The third kappa shape index (κ3) is 1.43. The Bertz CT molecular complexity index is 475. The van der Waals surface area contributed by atoms with Gasteiger partial charge in [-0.25, -0.2) is 0 Å². The van der Waals surface area contributed by atoms with Gasteiger partial charge in [-0.1, -0.05) is 0 Å². The van der Waals surface area contributed by atoms with E-state index in [1.165, 1.54) is 20.0 Å². The molecule has 1 atom stereocenters.